The molecule has 0 aliphatic heterocycles. The molecule has 21 heavy (non-hydrogen) atoms. The average molecular weight is 331 g/mol. The molecule has 0 saturated heterocycles. The number of amides is 1. The van der Waals surface area contributed by atoms with Crippen LogP contribution in [0.5, 0.6) is 0 Å². The Bertz CT molecular complexity index is 523. The number of nitrogens with one attached hydrogen (secondary N) is 1. The van der Waals surface area contributed by atoms with Crippen molar-refractivity contribution in [3.63, 3.8) is 0 Å². The zero-order valence-corrected chi connectivity index (χ0v) is 13.5. The summed E-state index contributed by atoms with van der Waals surface area (Å²) in [5.74, 6) is -0.708. The van der Waals surface area contributed by atoms with Gasteiger partial charge in [0.2, 0.25) is 5.91 Å². The molecule has 4 N–H and O–H groups in total. The molecule has 116 valence electrons. The third-order valence-corrected chi connectivity index (χ3v) is 4.57. The number of hydrogen-bond acceptors (Lipinski definition) is 4. The molecule has 1 atom stereocenters. The summed E-state index contributed by atoms with van der Waals surface area (Å²) in [6.45, 7) is 3.51. The summed E-state index contributed by atoms with van der Waals surface area (Å²) in [7, 11) is 0. The van der Waals surface area contributed by atoms with Gasteiger partial charge in [0.15, 0.2) is 0 Å². The first-order valence-electron chi connectivity index (χ1n) is 6.40. The molecule has 0 fully saturated rings. The van der Waals surface area contributed by atoms with E-state index in [0.717, 1.165) is 0 Å². The Labute approximate surface area is 133 Å². The highest BCUT2D eigenvalue weighted by atomic mass is 35.5. The van der Waals surface area contributed by atoms with Gasteiger partial charge in [0.25, 0.3) is 0 Å². The van der Waals surface area contributed by atoms with Crippen molar-refractivity contribution in [1.82, 2.24) is 0 Å². The van der Waals surface area contributed by atoms with Crippen LogP contribution in [0.1, 0.15) is 20.3 Å². The van der Waals surface area contributed by atoms with E-state index < -0.39 is 16.8 Å². The molecule has 0 unspecified atom stereocenters. The van der Waals surface area contributed by atoms with Crippen LogP contribution < -0.4 is 11.1 Å². The molecule has 0 aromatic heterocycles. The SMILES string of the molecule is CC(C)(SCCC(=O)Nc1cccc(Cl)c1)[C@H](N)C(=O)O. The number of hydrogen-bond donors (Lipinski definition) is 3. The Hall–Kier alpha value is -1.24. The lowest BCUT2D eigenvalue weighted by Gasteiger charge is -2.27. The monoisotopic (exact) mass is 330 g/mol. The van der Waals surface area contributed by atoms with Crippen molar-refractivity contribution in [2.45, 2.75) is 31.1 Å². The molecule has 1 aromatic carbocycles. The van der Waals surface area contributed by atoms with Crippen molar-refractivity contribution >= 4 is 40.9 Å². The molecule has 5 nitrogen and oxygen atoms in total. The molecule has 7 heteroatoms. The Balaban J connectivity index is 2.42. The minimum atomic E-state index is -1.05. The number of halogens is 1. The predicted octanol–water partition coefficient (Wildman–Crippen LogP) is 2.59. The van der Waals surface area contributed by atoms with Crippen LogP contribution in [-0.2, 0) is 9.59 Å². The van der Waals surface area contributed by atoms with Crippen molar-refractivity contribution in [3.05, 3.63) is 29.3 Å². The summed E-state index contributed by atoms with van der Waals surface area (Å²) in [6.07, 6.45) is 0.271. The first-order valence-corrected chi connectivity index (χ1v) is 7.76. The van der Waals surface area contributed by atoms with Gasteiger partial charge in [-0.2, -0.15) is 11.8 Å². The number of carbonyl (C=O) groups is 2. The molecule has 0 radical (unpaired) electrons. The van der Waals surface area contributed by atoms with Gasteiger partial charge in [-0.3, -0.25) is 9.59 Å². The Kier molecular flexibility index (Phi) is 6.51. The second kappa shape index (κ2) is 7.68. The number of carboxylic acids is 1. The van der Waals surface area contributed by atoms with E-state index in [1.807, 2.05) is 0 Å². The molecular weight excluding hydrogens is 312 g/mol. The quantitative estimate of drug-likeness (QED) is 0.714. The van der Waals surface area contributed by atoms with Crippen LogP contribution in [-0.4, -0.2) is 33.5 Å². The van der Waals surface area contributed by atoms with Crippen LogP contribution in [0, 0.1) is 0 Å². The predicted molar refractivity (Wildman–Crippen MR) is 86.8 cm³/mol. The fourth-order valence-electron chi connectivity index (χ4n) is 1.58. The highest BCUT2D eigenvalue weighted by molar-refractivity contribution is 8.00. The van der Waals surface area contributed by atoms with E-state index in [1.165, 1.54) is 11.8 Å². The van der Waals surface area contributed by atoms with E-state index in [2.05, 4.69) is 5.32 Å². The van der Waals surface area contributed by atoms with Crippen molar-refractivity contribution < 1.29 is 14.7 Å². The van der Waals surface area contributed by atoms with E-state index >= 15 is 0 Å². The Morgan fingerprint density at radius 1 is 1.48 bits per heavy atom. The van der Waals surface area contributed by atoms with Gasteiger partial charge in [0, 0.05) is 27.6 Å². The summed E-state index contributed by atoms with van der Waals surface area (Å²) in [5.41, 5.74) is 6.25. The third kappa shape index (κ3) is 5.95. The number of anilines is 1. The maximum Gasteiger partial charge on any atom is 0.321 e. The lowest BCUT2D eigenvalue weighted by atomic mass is 10.1. The summed E-state index contributed by atoms with van der Waals surface area (Å²) >= 11 is 7.20. The topological polar surface area (TPSA) is 92.4 Å². The van der Waals surface area contributed by atoms with Crippen LogP contribution in [0.15, 0.2) is 24.3 Å². The van der Waals surface area contributed by atoms with Crippen molar-refractivity contribution in [2.75, 3.05) is 11.1 Å². The number of benzene rings is 1. The highest BCUT2D eigenvalue weighted by Gasteiger charge is 2.32. The van der Waals surface area contributed by atoms with Gasteiger partial charge < -0.3 is 16.2 Å². The molecule has 0 spiro atoms. The summed E-state index contributed by atoms with van der Waals surface area (Å²) < 4.78 is -0.637. The number of aliphatic carboxylic acids is 1. The largest absolute Gasteiger partial charge is 0.480 e. The van der Waals surface area contributed by atoms with Crippen molar-refractivity contribution in [3.8, 4) is 0 Å². The number of carboxylic acid groups (broad SMARTS) is 1. The summed E-state index contributed by atoms with van der Waals surface area (Å²) in [6, 6.07) is 5.92. The molecule has 0 saturated carbocycles. The second-order valence-corrected chi connectivity index (χ2v) is 7.26. The molecule has 0 aliphatic rings. The average Bonchev–Trinajstić information content (AvgIpc) is 2.37. The van der Waals surface area contributed by atoms with Crippen LogP contribution in [0.3, 0.4) is 0 Å². The maximum atomic E-state index is 11.8. The Morgan fingerprint density at radius 3 is 2.71 bits per heavy atom. The number of rotatable bonds is 7. The molecular formula is C14H19ClN2O3S. The van der Waals surface area contributed by atoms with Gasteiger partial charge in [-0.05, 0) is 32.0 Å². The standard InChI is InChI=1S/C14H19ClN2O3S/c1-14(2,12(16)13(19)20)21-7-6-11(18)17-10-5-3-4-9(15)8-10/h3-5,8,12H,6-7,16H2,1-2H3,(H,17,18)(H,19,20)/t12-/m1/s1. The van der Waals surface area contributed by atoms with Crippen LogP contribution >= 0.6 is 23.4 Å². The van der Waals surface area contributed by atoms with Crippen molar-refractivity contribution in [1.29, 1.82) is 0 Å². The van der Waals surface area contributed by atoms with E-state index in [0.29, 0.717) is 16.5 Å². The highest BCUT2D eigenvalue weighted by Crippen LogP contribution is 2.28. The lowest BCUT2D eigenvalue weighted by Crippen LogP contribution is -2.46. The number of nitrogens with two attached hydrogens (primary N) is 1. The fraction of sp³-hybridized carbons (Fsp3) is 0.429. The summed E-state index contributed by atoms with van der Waals surface area (Å²) in [5, 5.41) is 12.2. The zero-order valence-electron chi connectivity index (χ0n) is 11.9. The van der Waals surface area contributed by atoms with E-state index in [9.17, 15) is 9.59 Å². The number of thioether (sulfide) groups is 1. The van der Waals surface area contributed by atoms with Gasteiger partial charge in [-0.1, -0.05) is 17.7 Å². The minimum absolute atomic E-state index is 0.149. The number of carbonyl (C=O) groups excluding carboxylic acids is 1. The van der Waals surface area contributed by atoms with Gasteiger partial charge >= 0.3 is 5.97 Å². The van der Waals surface area contributed by atoms with Crippen LogP contribution in [0.4, 0.5) is 5.69 Å². The molecule has 0 heterocycles. The second-order valence-electron chi connectivity index (χ2n) is 5.08. The van der Waals surface area contributed by atoms with E-state index in [4.69, 9.17) is 22.4 Å². The summed E-state index contributed by atoms with van der Waals surface area (Å²) in [4.78, 5) is 22.7. The smallest absolute Gasteiger partial charge is 0.321 e. The lowest BCUT2D eigenvalue weighted by molar-refractivity contribution is -0.139. The maximum absolute atomic E-state index is 11.8. The van der Waals surface area contributed by atoms with Gasteiger partial charge in [0.1, 0.15) is 6.04 Å². The molecule has 1 aromatic rings. The molecule has 0 aliphatic carbocycles. The van der Waals surface area contributed by atoms with Crippen LogP contribution in [0.2, 0.25) is 5.02 Å². The first kappa shape index (κ1) is 17.8. The van der Waals surface area contributed by atoms with Crippen LogP contribution in [0.25, 0.3) is 0 Å². The van der Waals surface area contributed by atoms with E-state index in [1.54, 1.807) is 38.1 Å². The normalized spacial score (nSPS) is 12.8. The van der Waals surface area contributed by atoms with Crippen molar-refractivity contribution in [2.24, 2.45) is 5.73 Å². The van der Waals surface area contributed by atoms with Gasteiger partial charge in [-0.25, -0.2) is 0 Å². The molecule has 1 rings (SSSR count). The van der Waals surface area contributed by atoms with Gasteiger partial charge in [0.05, 0.1) is 0 Å². The zero-order chi connectivity index (χ0) is 16.0. The molecule has 1 amide bonds. The Morgan fingerprint density at radius 2 is 2.14 bits per heavy atom. The van der Waals surface area contributed by atoms with Gasteiger partial charge in [-0.15, -0.1) is 0 Å². The first-order chi connectivity index (χ1) is 9.72. The minimum Gasteiger partial charge on any atom is -0.480 e. The fourth-order valence-corrected chi connectivity index (χ4v) is 2.87. The van der Waals surface area contributed by atoms with E-state index in [-0.39, 0.29) is 12.3 Å². The molecule has 0 bridgehead atoms. The third-order valence-electron chi connectivity index (χ3n) is 2.93.